The van der Waals surface area contributed by atoms with E-state index in [1.807, 2.05) is 12.1 Å². The van der Waals surface area contributed by atoms with Crippen molar-refractivity contribution in [2.75, 3.05) is 13.2 Å². The van der Waals surface area contributed by atoms with Crippen LogP contribution in [0.15, 0.2) is 35.5 Å². The SMILES string of the molecule is CC(C)C1=C2[C@H]3CC[C@@H]4[C@@]5(C)CC[C@H](OC(=O)CC(C)(C)C(=O)O)C(C)(C)[C@@H]5CC[C@@]4(C)[C@]3(C)CC[C@@]2([C@@H](O)CN(Cc2ccccn2)C(=O)C[C@H](O)CO)CC1=O. The number of carbonyl (C=O) groups excluding carboxylic acids is 3. The molecule has 4 saturated carbocycles. The number of hydrogen-bond acceptors (Lipinski definition) is 9. The summed E-state index contributed by atoms with van der Waals surface area (Å²) in [5.74, 6) is -1.02. The standard InChI is InChI=1S/C47H70N2O9/c1-28(2)39-32(52)23-47(35(53)26-49(37(54)22-30(51)27-50)25-29-12-10-11-21-48-29)20-19-45(8)31(40(39)47)13-14-34-44(7)17-16-36(58-38(55)24-42(3,4)41(56)57)43(5,6)33(44)15-18-46(34,45)9/h10-12,21,28,30-31,33-36,50-51,53H,13-20,22-27H2,1-9H3,(H,56,57)/t30-,31+,33-,34+,35-,36-,44-,45+,46+,47-/m0/s1. The summed E-state index contributed by atoms with van der Waals surface area (Å²) < 4.78 is 6.16. The Morgan fingerprint density at radius 1 is 0.948 bits per heavy atom. The van der Waals surface area contributed by atoms with Crippen molar-refractivity contribution in [1.82, 2.24) is 9.88 Å². The maximum absolute atomic E-state index is 14.3. The average Bonchev–Trinajstić information content (AvgIpc) is 3.46. The fourth-order valence-electron chi connectivity index (χ4n) is 13.6. The lowest BCUT2D eigenvalue weighted by Crippen LogP contribution is -2.66. The van der Waals surface area contributed by atoms with Crippen molar-refractivity contribution in [3.63, 3.8) is 0 Å². The van der Waals surface area contributed by atoms with Gasteiger partial charge in [0.2, 0.25) is 5.91 Å². The van der Waals surface area contributed by atoms with E-state index in [0.717, 1.165) is 56.1 Å². The number of carboxylic acid groups (broad SMARTS) is 1. The van der Waals surface area contributed by atoms with Crippen LogP contribution in [0.3, 0.4) is 0 Å². The molecule has 0 radical (unpaired) electrons. The first-order valence-corrected chi connectivity index (χ1v) is 21.8. The quantitative estimate of drug-likeness (QED) is 0.154. The molecule has 10 atom stereocenters. The number of esters is 1. The highest BCUT2D eigenvalue weighted by Gasteiger charge is 2.71. The molecule has 6 rings (SSSR count). The van der Waals surface area contributed by atoms with E-state index in [0.29, 0.717) is 24.0 Å². The summed E-state index contributed by atoms with van der Waals surface area (Å²) in [5, 5.41) is 42.0. The number of Topliss-reactive ketones (excluding diaryl/α,β-unsaturated/α-hetero) is 1. The normalized spacial score (nSPS) is 35.3. The summed E-state index contributed by atoms with van der Waals surface area (Å²) >= 11 is 0. The Kier molecular flexibility index (Phi) is 12.0. The summed E-state index contributed by atoms with van der Waals surface area (Å²) in [6.07, 6.45) is 5.82. The Hall–Kier alpha value is -3.15. The lowest BCUT2D eigenvalue weighted by Gasteiger charge is -2.72. The third-order valence-corrected chi connectivity index (χ3v) is 16.9. The smallest absolute Gasteiger partial charge is 0.309 e. The summed E-state index contributed by atoms with van der Waals surface area (Å²) in [6.45, 7) is 18.7. The van der Waals surface area contributed by atoms with E-state index in [2.05, 4.69) is 53.5 Å². The minimum absolute atomic E-state index is 0.0198. The summed E-state index contributed by atoms with van der Waals surface area (Å²) in [4.78, 5) is 58.8. The van der Waals surface area contributed by atoms with Crippen LogP contribution >= 0.6 is 0 Å². The van der Waals surface area contributed by atoms with Gasteiger partial charge >= 0.3 is 11.9 Å². The lowest BCUT2D eigenvalue weighted by molar-refractivity contribution is -0.235. The number of amides is 1. The van der Waals surface area contributed by atoms with Crippen molar-refractivity contribution in [2.24, 2.45) is 56.2 Å². The second-order valence-corrected chi connectivity index (χ2v) is 21.2. The molecule has 1 aromatic heterocycles. The van der Waals surface area contributed by atoms with Crippen molar-refractivity contribution in [3.05, 3.63) is 41.2 Å². The molecule has 11 nitrogen and oxygen atoms in total. The predicted molar refractivity (Wildman–Crippen MR) is 219 cm³/mol. The Bertz CT molecular complexity index is 1790. The van der Waals surface area contributed by atoms with Crippen LogP contribution in [-0.2, 0) is 30.5 Å². The predicted octanol–water partition coefficient (Wildman–Crippen LogP) is 6.91. The highest BCUT2D eigenvalue weighted by Crippen LogP contribution is 2.77. The van der Waals surface area contributed by atoms with Crippen LogP contribution < -0.4 is 0 Å². The molecule has 0 aromatic carbocycles. The van der Waals surface area contributed by atoms with Crippen molar-refractivity contribution in [1.29, 1.82) is 0 Å². The number of nitrogens with zero attached hydrogens (tertiary/aromatic N) is 2. The van der Waals surface area contributed by atoms with E-state index in [1.165, 1.54) is 4.90 Å². The number of pyridine rings is 1. The third kappa shape index (κ3) is 7.26. The molecule has 0 bridgehead atoms. The first kappa shape index (κ1) is 44.4. The van der Waals surface area contributed by atoms with Gasteiger partial charge in [0.1, 0.15) is 6.10 Å². The zero-order valence-corrected chi connectivity index (χ0v) is 36.5. The fraction of sp³-hybridized carbons (Fsp3) is 0.766. The van der Waals surface area contributed by atoms with Gasteiger partial charge in [0, 0.05) is 30.0 Å². The maximum atomic E-state index is 14.3. The van der Waals surface area contributed by atoms with Crippen molar-refractivity contribution >= 4 is 23.6 Å². The molecule has 1 heterocycles. The Morgan fingerprint density at radius 2 is 1.66 bits per heavy atom. The van der Waals surface area contributed by atoms with Gasteiger partial charge in [-0.3, -0.25) is 24.2 Å². The number of allylic oxidation sites excluding steroid dienone is 1. The summed E-state index contributed by atoms with van der Waals surface area (Å²) in [5.41, 5.74) is 0.0432. The average molecular weight is 807 g/mol. The zero-order valence-electron chi connectivity index (χ0n) is 36.5. The van der Waals surface area contributed by atoms with Crippen molar-refractivity contribution in [3.8, 4) is 0 Å². The highest BCUT2D eigenvalue weighted by molar-refractivity contribution is 6.00. The van der Waals surface area contributed by atoms with Gasteiger partial charge in [0.25, 0.3) is 0 Å². The summed E-state index contributed by atoms with van der Waals surface area (Å²) in [6, 6.07) is 5.46. The Balaban J connectivity index is 1.30. The van der Waals surface area contributed by atoms with Gasteiger partial charge in [-0.15, -0.1) is 0 Å². The number of carbonyl (C=O) groups is 4. The molecule has 11 heteroatoms. The second kappa shape index (κ2) is 15.7. The summed E-state index contributed by atoms with van der Waals surface area (Å²) in [7, 11) is 0. The molecule has 0 spiro atoms. The number of ether oxygens (including phenoxy) is 1. The largest absolute Gasteiger partial charge is 0.481 e. The minimum Gasteiger partial charge on any atom is -0.481 e. The van der Waals surface area contributed by atoms with Gasteiger partial charge in [-0.1, -0.05) is 60.1 Å². The minimum atomic E-state index is -1.22. The molecule has 0 aliphatic heterocycles. The number of fused-ring (bicyclic) bond motifs is 7. The van der Waals surface area contributed by atoms with Gasteiger partial charge in [0.05, 0.1) is 49.3 Å². The molecule has 322 valence electrons. The third-order valence-electron chi connectivity index (χ3n) is 16.9. The number of rotatable bonds is 13. The van der Waals surface area contributed by atoms with E-state index in [1.54, 1.807) is 26.1 Å². The highest BCUT2D eigenvalue weighted by atomic mass is 16.5. The van der Waals surface area contributed by atoms with E-state index < -0.39 is 47.5 Å². The van der Waals surface area contributed by atoms with Crippen LogP contribution in [0.25, 0.3) is 0 Å². The Labute approximate surface area is 345 Å². The fourth-order valence-corrected chi connectivity index (χ4v) is 13.6. The molecule has 5 aliphatic rings. The molecule has 1 aromatic rings. The number of aliphatic carboxylic acids is 1. The number of ketones is 1. The monoisotopic (exact) mass is 807 g/mol. The Morgan fingerprint density at radius 3 is 2.28 bits per heavy atom. The van der Waals surface area contributed by atoms with E-state index in [-0.39, 0.29) is 77.7 Å². The van der Waals surface area contributed by atoms with Crippen LogP contribution in [0.1, 0.15) is 139 Å². The maximum Gasteiger partial charge on any atom is 0.309 e. The second-order valence-electron chi connectivity index (χ2n) is 21.2. The topological polar surface area (TPSA) is 175 Å². The molecule has 1 amide bonds. The van der Waals surface area contributed by atoms with E-state index in [4.69, 9.17) is 4.74 Å². The number of aliphatic hydroxyl groups is 3. The lowest BCUT2D eigenvalue weighted by atomic mass is 9.33. The molecule has 0 saturated heterocycles. The van der Waals surface area contributed by atoms with E-state index in [9.17, 15) is 39.6 Å². The van der Waals surface area contributed by atoms with Crippen LogP contribution in [0.4, 0.5) is 0 Å². The molecular weight excluding hydrogens is 737 g/mol. The van der Waals surface area contributed by atoms with Gasteiger partial charge in [-0.25, -0.2) is 0 Å². The van der Waals surface area contributed by atoms with Crippen LogP contribution in [0.2, 0.25) is 0 Å². The van der Waals surface area contributed by atoms with Crippen molar-refractivity contribution < 1.29 is 44.3 Å². The first-order valence-electron chi connectivity index (χ1n) is 21.8. The molecule has 4 N–H and O–H groups in total. The number of aromatic nitrogens is 1. The zero-order chi connectivity index (χ0) is 42.8. The molecule has 4 fully saturated rings. The van der Waals surface area contributed by atoms with Gasteiger partial charge in [0.15, 0.2) is 5.78 Å². The molecule has 5 aliphatic carbocycles. The molecule has 0 unspecified atom stereocenters. The van der Waals surface area contributed by atoms with Crippen LogP contribution in [-0.4, -0.2) is 85.4 Å². The van der Waals surface area contributed by atoms with Crippen LogP contribution in [0.5, 0.6) is 0 Å². The molecular formula is C47H70N2O9. The van der Waals surface area contributed by atoms with Gasteiger partial charge < -0.3 is 30.1 Å². The first-order chi connectivity index (χ1) is 27.0. The van der Waals surface area contributed by atoms with Gasteiger partial charge in [-0.05, 0) is 123 Å². The number of hydrogen-bond donors (Lipinski definition) is 4. The number of aliphatic hydroxyl groups excluding tert-OH is 3. The number of carboxylic acids is 1. The molecule has 58 heavy (non-hydrogen) atoms. The van der Waals surface area contributed by atoms with E-state index >= 15 is 0 Å². The van der Waals surface area contributed by atoms with Crippen molar-refractivity contribution in [2.45, 2.75) is 158 Å². The van der Waals surface area contributed by atoms with Crippen LogP contribution in [0, 0.1) is 56.2 Å². The van der Waals surface area contributed by atoms with Gasteiger partial charge in [-0.2, -0.15) is 0 Å².